The van der Waals surface area contributed by atoms with Crippen LogP contribution in [0, 0.1) is 5.92 Å². The average Bonchev–Trinajstić information content (AvgIpc) is 2.95. The summed E-state index contributed by atoms with van der Waals surface area (Å²) in [5, 5.41) is 3.98. The second-order valence-corrected chi connectivity index (χ2v) is 6.67. The molecular formula is C17H23N3O2. The van der Waals surface area contributed by atoms with E-state index in [1.54, 1.807) is 6.26 Å². The minimum absolute atomic E-state index is 0.674. The van der Waals surface area contributed by atoms with Crippen molar-refractivity contribution in [3.63, 3.8) is 0 Å². The standard InChI is InChI=1S/C17H23N3O2/c1-13-10-16(13)17-3-2-15(22-17)12-20-7-5-19(6-8-20)11-14-4-9-21-18-14/h2-4,9,13,16H,5-8,10-12H2,1H3/t13-,16+/m0/s1. The van der Waals surface area contributed by atoms with Crippen molar-refractivity contribution in [2.75, 3.05) is 26.2 Å². The minimum Gasteiger partial charge on any atom is -0.464 e. The minimum atomic E-state index is 0.674. The van der Waals surface area contributed by atoms with Gasteiger partial charge in [-0.1, -0.05) is 12.1 Å². The molecular weight excluding hydrogens is 278 g/mol. The summed E-state index contributed by atoms with van der Waals surface area (Å²) >= 11 is 0. The molecule has 1 saturated heterocycles. The van der Waals surface area contributed by atoms with Gasteiger partial charge in [-0.15, -0.1) is 0 Å². The van der Waals surface area contributed by atoms with E-state index in [1.807, 2.05) is 6.07 Å². The zero-order chi connectivity index (χ0) is 14.9. The molecule has 0 bridgehead atoms. The Hall–Kier alpha value is -1.59. The van der Waals surface area contributed by atoms with Crippen molar-refractivity contribution < 1.29 is 8.94 Å². The van der Waals surface area contributed by atoms with Gasteiger partial charge in [0.2, 0.25) is 0 Å². The van der Waals surface area contributed by atoms with Crippen LogP contribution in [0.25, 0.3) is 0 Å². The molecule has 0 spiro atoms. The third-order valence-corrected chi connectivity index (χ3v) is 4.88. The van der Waals surface area contributed by atoms with Crippen molar-refractivity contribution in [1.29, 1.82) is 0 Å². The van der Waals surface area contributed by atoms with Gasteiger partial charge in [0.15, 0.2) is 0 Å². The largest absolute Gasteiger partial charge is 0.464 e. The van der Waals surface area contributed by atoms with E-state index in [0.717, 1.165) is 56.6 Å². The van der Waals surface area contributed by atoms with Gasteiger partial charge in [0.05, 0.1) is 12.2 Å². The molecule has 0 amide bonds. The second kappa shape index (κ2) is 5.89. The fraction of sp³-hybridized carbons (Fsp3) is 0.588. The number of nitrogens with zero attached hydrogens (tertiary/aromatic N) is 3. The monoisotopic (exact) mass is 301 g/mol. The summed E-state index contributed by atoms with van der Waals surface area (Å²) in [6.07, 6.45) is 2.93. The van der Waals surface area contributed by atoms with Crippen LogP contribution in [0.3, 0.4) is 0 Å². The molecule has 118 valence electrons. The highest BCUT2D eigenvalue weighted by Crippen LogP contribution is 2.47. The Bertz CT molecular complexity index is 599. The van der Waals surface area contributed by atoms with E-state index < -0.39 is 0 Å². The summed E-state index contributed by atoms with van der Waals surface area (Å²) in [4.78, 5) is 4.89. The van der Waals surface area contributed by atoms with Gasteiger partial charge in [0, 0.05) is 44.7 Å². The molecule has 3 heterocycles. The molecule has 2 fully saturated rings. The molecule has 0 N–H and O–H groups in total. The smallest absolute Gasteiger partial charge is 0.124 e. The molecule has 5 nitrogen and oxygen atoms in total. The van der Waals surface area contributed by atoms with Gasteiger partial charge in [-0.05, 0) is 24.5 Å². The highest BCUT2D eigenvalue weighted by atomic mass is 16.5. The lowest BCUT2D eigenvalue weighted by Crippen LogP contribution is -2.45. The number of hydrogen-bond acceptors (Lipinski definition) is 5. The van der Waals surface area contributed by atoms with Gasteiger partial charge in [0.25, 0.3) is 0 Å². The maximum atomic E-state index is 6.02. The molecule has 0 aromatic carbocycles. The van der Waals surface area contributed by atoms with Crippen LogP contribution < -0.4 is 0 Å². The Kier molecular flexibility index (Phi) is 3.76. The molecule has 1 aliphatic carbocycles. The van der Waals surface area contributed by atoms with Crippen LogP contribution in [-0.4, -0.2) is 41.1 Å². The van der Waals surface area contributed by atoms with Crippen molar-refractivity contribution in [2.24, 2.45) is 5.92 Å². The second-order valence-electron chi connectivity index (χ2n) is 6.67. The van der Waals surface area contributed by atoms with Crippen LogP contribution in [0.4, 0.5) is 0 Å². The molecule has 22 heavy (non-hydrogen) atoms. The molecule has 1 saturated carbocycles. The first kappa shape index (κ1) is 14.0. The number of rotatable bonds is 5. The van der Waals surface area contributed by atoms with E-state index >= 15 is 0 Å². The van der Waals surface area contributed by atoms with Crippen molar-refractivity contribution >= 4 is 0 Å². The maximum absolute atomic E-state index is 6.02. The summed E-state index contributed by atoms with van der Waals surface area (Å²) in [6.45, 7) is 8.40. The van der Waals surface area contributed by atoms with Gasteiger partial charge in [-0.3, -0.25) is 9.80 Å². The zero-order valence-electron chi connectivity index (χ0n) is 13.1. The first-order chi connectivity index (χ1) is 10.8. The third-order valence-electron chi connectivity index (χ3n) is 4.88. The lowest BCUT2D eigenvalue weighted by Gasteiger charge is -2.33. The predicted octanol–water partition coefficient (Wildman–Crippen LogP) is 2.71. The lowest BCUT2D eigenvalue weighted by atomic mass is 10.2. The van der Waals surface area contributed by atoms with Crippen LogP contribution in [0.2, 0.25) is 0 Å². The van der Waals surface area contributed by atoms with Crippen LogP contribution in [0.1, 0.15) is 36.5 Å². The Morgan fingerprint density at radius 2 is 1.82 bits per heavy atom. The molecule has 0 unspecified atom stereocenters. The SMILES string of the molecule is C[C@H]1C[C@H]1c1ccc(CN2CCN(Cc3ccon3)CC2)o1. The highest BCUT2D eigenvalue weighted by Gasteiger charge is 2.36. The molecule has 2 atom stereocenters. The summed E-state index contributed by atoms with van der Waals surface area (Å²) in [5.74, 6) is 3.78. The average molecular weight is 301 g/mol. The number of hydrogen-bond donors (Lipinski definition) is 0. The van der Waals surface area contributed by atoms with Crippen LogP contribution in [-0.2, 0) is 13.1 Å². The summed E-state index contributed by atoms with van der Waals surface area (Å²) in [6, 6.07) is 6.27. The fourth-order valence-corrected chi connectivity index (χ4v) is 3.27. The van der Waals surface area contributed by atoms with E-state index in [0.29, 0.717) is 5.92 Å². The Balaban J connectivity index is 1.26. The number of furan rings is 1. The lowest BCUT2D eigenvalue weighted by molar-refractivity contribution is 0.114. The number of aromatic nitrogens is 1. The zero-order valence-corrected chi connectivity index (χ0v) is 13.1. The predicted molar refractivity (Wildman–Crippen MR) is 82.3 cm³/mol. The third kappa shape index (κ3) is 3.10. The van der Waals surface area contributed by atoms with Gasteiger partial charge < -0.3 is 8.94 Å². The molecule has 1 aliphatic heterocycles. The van der Waals surface area contributed by atoms with Crippen LogP contribution >= 0.6 is 0 Å². The van der Waals surface area contributed by atoms with Gasteiger partial charge in [0.1, 0.15) is 17.8 Å². The van der Waals surface area contributed by atoms with Crippen LogP contribution in [0.5, 0.6) is 0 Å². The van der Waals surface area contributed by atoms with Gasteiger partial charge in [-0.2, -0.15) is 0 Å². The topological polar surface area (TPSA) is 45.7 Å². The first-order valence-electron chi connectivity index (χ1n) is 8.20. The van der Waals surface area contributed by atoms with Crippen molar-refractivity contribution in [3.8, 4) is 0 Å². The quantitative estimate of drug-likeness (QED) is 0.849. The molecule has 2 aromatic rings. The van der Waals surface area contributed by atoms with E-state index in [1.165, 1.54) is 12.2 Å². The van der Waals surface area contributed by atoms with E-state index in [2.05, 4.69) is 34.0 Å². The van der Waals surface area contributed by atoms with Gasteiger partial charge in [-0.25, -0.2) is 0 Å². The van der Waals surface area contributed by atoms with E-state index in [-0.39, 0.29) is 0 Å². The van der Waals surface area contributed by atoms with Crippen LogP contribution in [0.15, 0.2) is 33.4 Å². The summed E-state index contributed by atoms with van der Waals surface area (Å²) < 4.78 is 10.9. The van der Waals surface area contributed by atoms with E-state index in [4.69, 9.17) is 8.94 Å². The Labute approximate surface area is 130 Å². The molecule has 2 aliphatic rings. The fourth-order valence-electron chi connectivity index (χ4n) is 3.27. The Morgan fingerprint density at radius 3 is 2.45 bits per heavy atom. The summed E-state index contributed by atoms with van der Waals surface area (Å²) in [5.41, 5.74) is 1.02. The molecule has 0 radical (unpaired) electrons. The van der Waals surface area contributed by atoms with Crippen molar-refractivity contribution in [3.05, 3.63) is 41.7 Å². The first-order valence-corrected chi connectivity index (χ1v) is 8.20. The van der Waals surface area contributed by atoms with E-state index in [9.17, 15) is 0 Å². The highest BCUT2D eigenvalue weighted by molar-refractivity contribution is 5.17. The van der Waals surface area contributed by atoms with Crippen molar-refractivity contribution in [2.45, 2.75) is 32.4 Å². The molecule has 4 rings (SSSR count). The number of piperazine rings is 1. The Morgan fingerprint density at radius 1 is 1.09 bits per heavy atom. The molecule has 5 heteroatoms. The van der Waals surface area contributed by atoms with Gasteiger partial charge >= 0.3 is 0 Å². The van der Waals surface area contributed by atoms with Crippen molar-refractivity contribution in [1.82, 2.24) is 15.0 Å². The summed E-state index contributed by atoms with van der Waals surface area (Å²) in [7, 11) is 0. The maximum Gasteiger partial charge on any atom is 0.124 e. The normalized spacial score (nSPS) is 26.4. The molecule has 2 aromatic heterocycles.